The number of hydrogen-bond acceptors (Lipinski definition) is 18. The highest BCUT2D eigenvalue weighted by Gasteiger charge is 2.65. The summed E-state index contributed by atoms with van der Waals surface area (Å²) in [6.45, 7) is 7.99. The topological polar surface area (TPSA) is 287 Å². The zero-order chi connectivity index (χ0) is 45.3. The van der Waals surface area contributed by atoms with Crippen LogP contribution in [0.5, 0.6) is 0 Å². The molecular formula is C45H74O18. The van der Waals surface area contributed by atoms with Gasteiger partial charge in [-0.25, -0.2) is 0 Å². The molecule has 0 aromatic carbocycles. The van der Waals surface area contributed by atoms with Crippen LogP contribution in [-0.4, -0.2) is 187 Å². The van der Waals surface area contributed by atoms with Crippen molar-refractivity contribution in [2.45, 2.75) is 196 Å². The molecule has 8 aliphatic rings. The van der Waals surface area contributed by atoms with E-state index >= 15 is 0 Å². The smallest absolute Gasteiger partial charge is 0.186 e. The lowest BCUT2D eigenvalue weighted by Gasteiger charge is -2.61. The zero-order valence-corrected chi connectivity index (χ0v) is 37.0. The number of ether oxygens (including phenoxy) is 7. The first-order valence-corrected chi connectivity index (χ1v) is 23.5. The SMILES string of the molecule is CC1=C(CC[C@H](C)COC2O[C@H](CO)[C@@H](O)[C@H](O)[C@H]2O)OC2C[C@H]3[C@@H]4CC[C@@H]5C[C@@H](OC6O[C@H](COC7O[C@H](CO)[C@@H](O)[C@H](O)[C@H]7O)[C@H](O)[C@H](O)[C@H]6O)CC[C@]5(C)[C@H]4CC[C@]3(C)C12. The van der Waals surface area contributed by atoms with Gasteiger partial charge in [0.05, 0.1) is 38.3 Å². The molecule has 25 atom stereocenters. The lowest BCUT2D eigenvalue weighted by atomic mass is 9.44. The van der Waals surface area contributed by atoms with Gasteiger partial charge in [-0.05, 0) is 111 Å². The molecule has 4 aliphatic heterocycles. The molecule has 0 radical (unpaired) electrons. The second kappa shape index (κ2) is 19.1. The van der Waals surface area contributed by atoms with Gasteiger partial charge in [0.15, 0.2) is 18.9 Å². The third-order valence-corrected chi connectivity index (χ3v) is 17.3. The minimum absolute atomic E-state index is 0.0984. The number of rotatable bonds is 13. The van der Waals surface area contributed by atoms with E-state index in [4.69, 9.17) is 33.2 Å². The Balaban J connectivity index is 0.835. The van der Waals surface area contributed by atoms with Crippen molar-refractivity contribution in [3.63, 3.8) is 0 Å². The van der Waals surface area contributed by atoms with Crippen LogP contribution in [0.4, 0.5) is 0 Å². The third kappa shape index (κ3) is 8.79. The summed E-state index contributed by atoms with van der Waals surface area (Å²) in [7, 11) is 0. The molecule has 7 fully saturated rings. The van der Waals surface area contributed by atoms with Crippen LogP contribution < -0.4 is 0 Å². The van der Waals surface area contributed by atoms with Crippen LogP contribution in [0.25, 0.3) is 0 Å². The van der Waals surface area contributed by atoms with Crippen LogP contribution >= 0.6 is 0 Å². The molecule has 4 saturated carbocycles. The van der Waals surface area contributed by atoms with E-state index < -0.39 is 112 Å². The summed E-state index contributed by atoms with van der Waals surface area (Å²) in [6, 6.07) is 0. The lowest BCUT2D eigenvalue weighted by molar-refractivity contribution is -0.338. The Morgan fingerprint density at radius 3 is 1.84 bits per heavy atom. The quantitative estimate of drug-likeness (QED) is 0.101. The second-order valence-electron chi connectivity index (χ2n) is 20.9. The maximum absolute atomic E-state index is 11.0. The molecule has 0 spiro atoms. The van der Waals surface area contributed by atoms with Crippen LogP contribution in [0.2, 0.25) is 0 Å². The van der Waals surface area contributed by atoms with E-state index in [2.05, 4.69) is 27.7 Å². The average molecular weight is 903 g/mol. The van der Waals surface area contributed by atoms with Crippen molar-refractivity contribution in [2.75, 3.05) is 26.4 Å². The first-order valence-electron chi connectivity index (χ1n) is 23.5. The van der Waals surface area contributed by atoms with Crippen molar-refractivity contribution in [3.8, 4) is 0 Å². The van der Waals surface area contributed by atoms with E-state index in [1.54, 1.807) is 0 Å². The Morgan fingerprint density at radius 1 is 0.635 bits per heavy atom. The summed E-state index contributed by atoms with van der Waals surface area (Å²) < 4.78 is 41.6. The van der Waals surface area contributed by atoms with Gasteiger partial charge in [0.25, 0.3) is 0 Å². The number of aliphatic hydroxyl groups excluding tert-OH is 11. The summed E-state index contributed by atoms with van der Waals surface area (Å²) in [5.74, 6) is 3.66. The minimum Gasteiger partial charge on any atom is -0.494 e. The van der Waals surface area contributed by atoms with Crippen LogP contribution in [0.3, 0.4) is 0 Å². The molecule has 4 heterocycles. The van der Waals surface area contributed by atoms with E-state index in [0.29, 0.717) is 29.6 Å². The average Bonchev–Trinajstić information content (AvgIpc) is 3.76. The van der Waals surface area contributed by atoms with Crippen molar-refractivity contribution >= 4 is 0 Å². The Labute approximate surface area is 369 Å². The minimum atomic E-state index is -1.65. The zero-order valence-electron chi connectivity index (χ0n) is 37.0. The van der Waals surface area contributed by atoms with Crippen LogP contribution in [0, 0.1) is 46.3 Å². The highest BCUT2D eigenvalue weighted by molar-refractivity contribution is 5.26. The fourth-order valence-electron chi connectivity index (χ4n) is 13.6. The Kier molecular flexibility index (Phi) is 14.6. The van der Waals surface area contributed by atoms with Crippen molar-refractivity contribution in [3.05, 3.63) is 11.3 Å². The summed E-state index contributed by atoms with van der Waals surface area (Å²) in [6.07, 6.45) is -11.6. The maximum Gasteiger partial charge on any atom is 0.186 e. The molecule has 0 bridgehead atoms. The van der Waals surface area contributed by atoms with Gasteiger partial charge in [0.1, 0.15) is 79.4 Å². The fourth-order valence-corrected chi connectivity index (χ4v) is 13.6. The first kappa shape index (κ1) is 48.3. The van der Waals surface area contributed by atoms with Gasteiger partial charge in [0.2, 0.25) is 0 Å². The molecule has 63 heavy (non-hydrogen) atoms. The molecule has 11 N–H and O–H groups in total. The largest absolute Gasteiger partial charge is 0.494 e. The summed E-state index contributed by atoms with van der Waals surface area (Å²) in [4.78, 5) is 0. The Hall–Kier alpha value is -1.14. The van der Waals surface area contributed by atoms with E-state index in [1.807, 2.05) is 0 Å². The van der Waals surface area contributed by atoms with Gasteiger partial charge in [-0.3, -0.25) is 0 Å². The third-order valence-electron chi connectivity index (χ3n) is 17.3. The van der Waals surface area contributed by atoms with Gasteiger partial charge < -0.3 is 89.3 Å². The van der Waals surface area contributed by atoms with Crippen molar-refractivity contribution in [2.24, 2.45) is 46.3 Å². The fraction of sp³-hybridized carbons (Fsp3) is 0.956. The maximum atomic E-state index is 11.0. The van der Waals surface area contributed by atoms with Gasteiger partial charge in [-0.2, -0.15) is 0 Å². The van der Waals surface area contributed by atoms with Crippen molar-refractivity contribution < 1.29 is 89.3 Å². The standard InChI is InChI=1S/C45H74O18/c1-19(17-57-41-38(54)35(51)32(48)28(15-46)61-41)5-8-26-20(2)31-27(60-26)14-25-23-7-6-21-13-22(9-11-44(21,3)24(23)10-12-45(25,31)4)59-43-40(56)37(53)34(50)30(63-43)18-58-42-39(55)36(52)33(49)29(16-47)62-42/h19,21-25,27-43,46-56H,5-18H2,1-4H3/t19-,21+,22-,23+,24-,25-,27?,28+,29+,30+,31?,32+,33+,34-,35-,36-,37-,38+,39+,40+,41?,42?,43?,44-,45-/m0/s1. The monoisotopic (exact) mass is 902 g/mol. The second-order valence-corrected chi connectivity index (χ2v) is 20.9. The molecule has 18 heteroatoms. The summed E-state index contributed by atoms with van der Waals surface area (Å²) >= 11 is 0. The van der Waals surface area contributed by atoms with Crippen LogP contribution in [0.15, 0.2) is 11.3 Å². The number of hydrogen-bond donors (Lipinski definition) is 11. The molecule has 362 valence electrons. The molecule has 4 aliphatic carbocycles. The van der Waals surface area contributed by atoms with Crippen molar-refractivity contribution in [1.82, 2.24) is 0 Å². The summed E-state index contributed by atoms with van der Waals surface area (Å²) in [5.41, 5.74) is 1.62. The Morgan fingerprint density at radius 2 is 1.21 bits per heavy atom. The van der Waals surface area contributed by atoms with E-state index in [1.165, 1.54) is 5.57 Å². The van der Waals surface area contributed by atoms with E-state index in [-0.39, 0.29) is 35.6 Å². The highest BCUT2D eigenvalue weighted by Crippen LogP contribution is 2.70. The van der Waals surface area contributed by atoms with Gasteiger partial charge in [-0.15, -0.1) is 0 Å². The molecule has 3 saturated heterocycles. The lowest BCUT2D eigenvalue weighted by Crippen LogP contribution is -2.62. The summed E-state index contributed by atoms with van der Waals surface area (Å²) in [5, 5.41) is 113. The molecule has 0 aromatic heterocycles. The highest BCUT2D eigenvalue weighted by atomic mass is 16.7. The number of aliphatic hydroxyl groups is 11. The van der Waals surface area contributed by atoms with Gasteiger partial charge in [0, 0.05) is 12.3 Å². The molecule has 0 aromatic rings. The predicted octanol–water partition coefficient (Wildman–Crippen LogP) is -0.830. The van der Waals surface area contributed by atoms with Gasteiger partial charge >= 0.3 is 0 Å². The first-order chi connectivity index (χ1) is 29.9. The van der Waals surface area contributed by atoms with Gasteiger partial charge in [-0.1, -0.05) is 20.8 Å². The number of fused-ring (bicyclic) bond motifs is 7. The van der Waals surface area contributed by atoms with E-state index in [0.717, 1.165) is 70.0 Å². The molecule has 18 nitrogen and oxygen atoms in total. The van der Waals surface area contributed by atoms with Crippen LogP contribution in [-0.2, 0) is 33.2 Å². The normalized spacial score (nSPS) is 52.7. The Bertz CT molecular complexity index is 1580. The predicted molar refractivity (Wildman–Crippen MR) is 218 cm³/mol. The molecular weight excluding hydrogens is 828 g/mol. The molecule has 0 amide bonds. The van der Waals surface area contributed by atoms with Crippen molar-refractivity contribution in [1.29, 1.82) is 0 Å². The van der Waals surface area contributed by atoms with E-state index in [9.17, 15) is 56.2 Å². The van der Waals surface area contributed by atoms with Crippen LogP contribution in [0.1, 0.15) is 91.9 Å². The molecule has 5 unspecified atom stereocenters. The molecule has 8 rings (SSSR count). The number of allylic oxidation sites excluding steroid dienone is 1.